The van der Waals surface area contributed by atoms with Crippen LogP contribution in [0.15, 0.2) is 0 Å². The number of hydrogen-bond donors (Lipinski definition) is 2. The predicted molar refractivity (Wildman–Crippen MR) is 50.6 cm³/mol. The van der Waals surface area contributed by atoms with Crippen LogP contribution in [0.2, 0.25) is 0 Å². The zero-order valence-corrected chi connectivity index (χ0v) is 8.07. The maximum absolute atomic E-state index is 10.6. The highest BCUT2D eigenvalue weighted by atomic mass is 16.4. The third-order valence-corrected chi connectivity index (χ3v) is 2.59. The summed E-state index contributed by atoms with van der Waals surface area (Å²) in [5.74, 6) is 0.621. The number of hydrogen-bond acceptors (Lipinski definition) is 2. The predicted octanol–water partition coefficient (Wildman–Crippen LogP) is 1.11. The lowest BCUT2D eigenvalue weighted by molar-refractivity contribution is 0.122. The van der Waals surface area contributed by atoms with Crippen molar-refractivity contribution in [1.82, 2.24) is 4.90 Å². The first-order valence-electron chi connectivity index (χ1n) is 4.83. The molecule has 1 fully saturated rings. The maximum atomic E-state index is 10.6. The summed E-state index contributed by atoms with van der Waals surface area (Å²) >= 11 is 0. The second kappa shape index (κ2) is 4.46. The van der Waals surface area contributed by atoms with Gasteiger partial charge in [0, 0.05) is 19.1 Å². The van der Waals surface area contributed by atoms with Crippen LogP contribution in [-0.2, 0) is 0 Å². The summed E-state index contributed by atoms with van der Waals surface area (Å²) in [6.45, 7) is 3.35. The zero-order valence-electron chi connectivity index (χ0n) is 8.07. The molecule has 1 rings (SSSR count). The van der Waals surface area contributed by atoms with E-state index in [0.717, 1.165) is 19.3 Å². The standard InChI is InChI=1S/C9H18N2O2/c1-7(10)6-8-2-4-11(5-3-8)9(12)13/h7-8H,2-6,10H2,1H3,(H,12,13)/t7-/m1/s1. The summed E-state index contributed by atoms with van der Waals surface area (Å²) < 4.78 is 0. The van der Waals surface area contributed by atoms with Crippen molar-refractivity contribution >= 4 is 6.09 Å². The Bertz CT molecular complexity index is 174. The first kappa shape index (κ1) is 10.3. The number of carboxylic acid groups (broad SMARTS) is 1. The number of amides is 1. The summed E-state index contributed by atoms with van der Waals surface area (Å²) in [6, 6.07) is 0.237. The van der Waals surface area contributed by atoms with E-state index in [4.69, 9.17) is 10.8 Å². The molecule has 0 aromatic rings. The van der Waals surface area contributed by atoms with Crippen LogP contribution in [0.25, 0.3) is 0 Å². The molecule has 1 aliphatic rings. The molecule has 1 heterocycles. The van der Waals surface area contributed by atoms with Gasteiger partial charge in [-0.1, -0.05) is 0 Å². The van der Waals surface area contributed by atoms with E-state index in [1.54, 1.807) is 0 Å². The number of likely N-dealkylation sites (tertiary alicyclic amines) is 1. The summed E-state index contributed by atoms with van der Waals surface area (Å²) in [6.07, 6.45) is 2.16. The summed E-state index contributed by atoms with van der Waals surface area (Å²) in [4.78, 5) is 12.1. The van der Waals surface area contributed by atoms with Crippen LogP contribution in [-0.4, -0.2) is 35.2 Å². The minimum Gasteiger partial charge on any atom is -0.465 e. The van der Waals surface area contributed by atoms with Gasteiger partial charge >= 0.3 is 6.09 Å². The van der Waals surface area contributed by atoms with E-state index in [9.17, 15) is 4.79 Å². The average molecular weight is 186 g/mol. The van der Waals surface area contributed by atoms with Crippen molar-refractivity contribution in [2.75, 3.05) is 13.1 Å². The fourth-order valence-corrected chi connectivity index (χ4v) is 1.89. The molecule has 0 aliphatic carbocycles. The van der Waals surface area contributed by atoms with Gasteiger partial charge < -0.3 is 15.7 Å². The van der Waals surface area contributed by atoms with Crippen molar-refractivity contribution in [2.45, 2.75) is 32.2 Å². The van der Waals surface area contributed by atoms with Gasteiger partial charge in [-0.2, -0.15) is 0 Å². The van der Waals surface area contributed by atoms with E-state index in [2.05, 4.69) is 0 Å². The minimum absolute atomic E-state index is 0.237. The van der Waals surface area contributed by atoms with Crippen LogP contribution in [0.3, 0.4) is 0 Å². The fourth-order valence-electron chi connectivity index (χ4n) is 1.89. The Hall–Kier alpha value is -0.770. The highest BCUT2D eigenvalue weighted by Gasteiger charge is 2.22. The third-order valence-electron chi connectivity index (χ3n) is 2.59. The quantitative estimate of drug-likeness (QED) is 0.679. The molecule has 76 valence electrons. The van der Waals surface area contributed by atoms with Crippen LogP contribution in [0.1, 0.15) is 26.2 Å². The Kier molecular flexibility index (Phi) is 3.54. The fraction of sp³-hybridized carbons (Fsp3) is 0.889. The molecule has 1 amide bonds. The van der Waals surface area contributed by atoms with Gasteiger partial charge in [-0.15, -0.1) is 0 Å². The van der Waals surface area contributed by atoms with Gasteiger partial charge in [-0.3, -0.25) is 0 Å². The lowest BCUT2D eigenvalue weighted by Gasteiger charge is -2.30. The number of nitrogens with two attached hydrogens (primary N) is 1. The highest BCUT2D eigenvalue weighted by molar-refractivity contribution is 5.64. The normalized spacial score (nSPS) is 21.5. The molecule has 13 heavy (non-hydrogen) atoms. The maximum Gasteiger partial charge on any atom is 0.407 e. The third kappa shape index (κ3) is 3.22. The monoisotopic (exact) mass is 186 g/mol. The Morgan fingerprint density at radius 1 is 1.62 bits per heavy atom. The molecule has 0 aromatic carbocycles. The van der Waals surface area contributed by atoms with Crippen molar-refractivity contribution < 1.29 is 9.90 Å². The van der Waals surface area contributed by atoms with Crippen LogP contribution in [0, 0.1) is 5.92 Å². The second-order valence-electron chi connectivity index (χ2n) is 3.93. The zero-order chi connectivity index (χ0) is 9.84. The van der Waals surface area contributed by atoms with Gasteiger partial charge in [-0.25, -0.2) is 4.79 Å². The van der Waals surface area contributed by atoms with Crippen molar-refractivity contribution in [2.24, 2.45) is 11.7 Å². The molecule has 0 spiro atoms. The molecule has 0 radical (unpaired) electrons. The van der Waals surface area contributed by atoms with Crippen molar-refractivity contribution in [1.29, 1.82) is 0 Å². The summed E-state index contributed by atoms with van der Waals surface area (Å²) in [7, 11) is 0. The molecular formula is C9H18N2O2. The van der Waals surface area contributed by atoms with E-state index >= 15 is 0 Å². The number of rotatable bonds is 2. The van der Waals surface area contributed by atoms with Gasteiger partial charge in [-0.05, 0) is 32.1 Å². The molecule has 1 saturated heterocycles. The number of carbonyl (C=O) groups is 1. The smallest absolute Gasteiger partial charge is 0.407 e. The molecule has 1 atom stereocenters. The van der Waals surface area contributed by atoms with E-state index in [1.165, 1.54) is 4.90 Å². The van der Waals surface area contributed by atoms with Crippen molar-refractivity contribution in [3.05, 3.63) is 0 Å². The molecule has 4 heteroatoms. The topological polar surface area (TPSA) is 66.6 Å². The molecular weight excluding hydrogens is 168 g/mol. The van der Waals surface area contributed by atoms with Gasteiger partial charge in [0.2, 0.25) is 0 Å². The van der Waals surface area contributed by atoms with Crippen LogP contribution in [0.5, 0.6) is 0 Å². The largest absolute Gasteiger partial charge is 0.465 e. The van der Waals surface area contributed by atoms with Crippen LogP contribution >= 0.6 is 0 Å². The first-order valence-corrected chi connectivity index (χ1v) is 4.83. The summed E-state index contributed by atoms with van der Waals surface area (Å²) in [5, 5.41) is 8.71. The minimum atomic E-state index is -0.792. The second-order valence-corrected chi connectivity index (χ2v) is 3.93. The van der Waals surface area contributed by atoms with Crippen molar-refractivity contribution in [3.8, 4) is 0 Å². The molecule has 3 N–H and O–H groups in total. The lowest BCUT2D eigenvalue weighted by Crippen LogP contribution is -2.38. The molecule has 4 nitrogen and oxygen atoms in total. The molecule has 0 saturated carbocycles. The Morgan fingerprint density at radius 2 is 2.15 bits per heavy atom. The Morgan fingerprint density at radius 3 is 2.54 bits per heavy atom. The van der Waals surface area contributed by atoms with Crippen molar-refractivity contribution in [3.63, 3.8) is 0 Å². The molecule has 1 aliphatic heterocycles. The van der Waals surface area contributed by atoms with E-state index < -0.39 is 6.09 Å². The van der Waals surface area contributed by atoms with Gasteiger partial charge in [0.1, 0.15) is 0 Å². The van der Waals surface area contributed by atoms with Gasteiger partial charge in [0.05, 0.1) is 0 Å². The van der Waals surface area contributed by atoms with Crippen LogP contribution in [0.4, 0.5) is 4.79 Å². The molecule has 0 unspecified atom stereocenters. The lowest BCUT2D eigenvalue weighted by atomic mass is 9.91. The Labute approximate surface area is 78.7 Å². The summed E-state index contributed by atoms with van der Waals surface area (Å²) in [5.41, 5.74) is 5.69. The van der Waals surface area contributed by atoms with Gasteiger partial charge in [0.15, 0.2) is 0 Å². The first-order chi connectivity index (χ1) is 6.09. The Balaban J connectivity index is 2.26. The molecule has 0 aromatic heterocycles. The average Bonchev–Trinajstić information content (AvgIpc) is 2.04. The number of nitrogens with zero attached hydrogens (tertiary/aromatic N) is 1. The van der Waals surface area contributed by atoms with E-state index in [0.29, 0.717) is 19.0 Å². The molecule has 0 bridgehead atoms. The highest BCUT2D eigenvalue weighted by Crippen LogP contribution is 2.21. The van der Waals surface area contributed by atoms with Gasteiger partial charge in [0.25, 0.3) is 0 Å². The number of piperidine rings is 1. The van der Waals surface area contributed by atoms with E-state index in [-0.39, 0.29) is 6.04 Å². The van der Waals surface area contributed by atoms with E-state index in [1.807, 2.05) is 6.92 Å². The van der Waals surface area contributed by atoms with Crippen LogP contribution < -0.4 is 5.73 Å². The SMILES string of the molecule is C[C@@H](N)CC1CCN(C(=O)O)CC1.